The van der Waals surface area contributed by atoms with Crippen LogP contribution in [0.2, 0.25) is 0 Å². The summed E-state index contributed by atoms with van der Waals surface area (Å²) in [6, 6.07) is 10.4. The lowest BCUT2D eigenvalue weighted by Gasteiger charge is -2.04. The van der Waals surface area contributed by atoms with Crippen LogP contribution in [0.15, 0.2) is 30.3 Å². The first-order valence-electron chi connectivity index (χ1n) is 4.25. The molecule has 0 aliphatic rings. The summed E-state index contributed by atoms with van der Waals surface area (Å²) in [7, 11) is -0.338. The maximum atomic E-state index is 5.38. The third-order valence-electron chi connectivity index (χ3n) is 1.58. The van der Waals surface area contributed by atoms with Gasteiger partial charge in [-0.15, -0.1) is 0 Å². The first-order chi connectivity index (χ1) is 6.43. The van der Waals surface area contributed by atoms with Crippen molar-refractivity contribution in [3.8, 4) is 0 Å². The van der Waals surface area contributed by atoms with Gasteiger partial charge in [0.15, 0.2) is 0 Å². The fraction of sp³-hybridized carbons (Fsp3) is 0.143. The van der Waals surface area contributed by atoms with Crippen molar-refractivity contribution in [3.63, 3.8) is 0 Å². The predicted molar refractivity (Wildman–Crippen MR) is 62.5 cm³/mol. The molecule has 1 aromatic carbocycles. The fourth-order valence-corrected chi connectivity index (χ4v) is 4.46. The average Bonchev–Trinajstić information content (AvgIpc) is 2.19. The van der Waals surface area contributed by atoms with Crippen molar-refractivity contribution in [2.24, 2.45) is 0 Å². The van der Waals surface area contributed by atoms with Crippen molar-refractivity contribution >= 4 is 30.4 Å². The summed E-state index contributed by atoms with van der Waals surface area (Å²) in [4.78, 5) is 3.32. The molecular formula is C7H15NO2Si3. The van der Waals surface area contributed by atoms with E-state index in [0.29, 0.717) is 0 Å². The van der Waals surface area contributed by atoms with Gasteiger partial charge in [0.25, 0.3) is 10.0 Å². The minimum atomic E-state index is -0.617. The minimum absolute atomic E-state index is 0.535. The molecule has 0 atom stereocenters. The van der Waals surface area contributed by atoms with E-state index in [9.17, 15) is 0 Å². The molecule has 0 heterocycles. The summed E-state index contributed by atoms with van der Waals surface area (Å²) in [6.07, 6.45) is 0. The predicted octanol–water partition coefficient (Wildman–Crippen LogP) is -1.91. The van der Waals surface area contributed by atoms with E-state index < -0.39 is 19.9 Å². The number of nitrogens with one attached hydrogen (secondary N) is 1. The molecule has 0 fully saturated rings. The second-order valence-corrected chi connectivity index (χ2v) is 7.63. The molecule has 13 heavy (non-hydrogen) atoms. The molecule has 0 saturated heterocycles. The number of benzene rings is 1. The third-order valence-corrected chi connectivity index (χ3v) is 4.46. The van der Waals surface area contributed by atoms with Crippen LogP contribution in [-0.2, 0) is 14.8 Å². The Morgan fingerprint density at radius 1 is 1.31 bits per heavy atom. The summed E-state index contributed by atoms with van der Waals surface area (Å²) in [5.41, 5.74) is 1.31. The lowest BCUT2D eigenvalue weighted by atomic mass is 10.2. The zero-order chi connectivity index (χ0) is 9.36. The van der Waals surface area contributed by atoms with Crippen LogP contribution in [0.25, 0.3) is 0 Å². The van der Waals surface area contributed by atoms with Gasteiger partial charge in [0.05, 0.1) is 0 Å². The van der Waals surface area contributed by atoms with Gasteiger partial charge >= 0.3 is 0 Å². The van der Waals surface area contributed by atoms with Crippen molar-refractivity contribution < 1.29 is 8.23 Å². The van der Waals surface area contributed by atoms with Gasteiger partial charge in [-0.05, 0) is 5.56 Å². The standard InChI is InChI=1S/C7H15NO2Si3/c11-9-13-10-12-8-6-7-4-2-1-3-5-7/h1-5,8H,6,12-13H2,11H3. The number of hydrogen-bond donors (Lipinski definition) is 1. The fourth-order valence-electron chi connectivity index (χ4n) is 0.988. The Morgan fingerprint density at radius 3 is 2.77 bits per heavy atom. The quantitative estimate of drug-likeness (QED) is 0.456. The Bertz CT molecular complexity index is 222. The summed E-state index contributed by atoms with van der Waals surface area (Å²) >= 11 is 0. The highest BCUT2D eigenvalue weighted by molar-refractivity contribution is 6.39. The average molecular weight is 229 g/mol. The van der Waals surface area contributed by atoms with Crippen LogP contribution in [0.3, 0.4) is 0 Å². The Balaban J connectivity index is 2.07. The number of hydrogen-bond acceptors (Lipinski definition) is 3. The highest BCUT2D eigenvalue weighted by Gasteiger charge is 1.90. The van der Waals surface area contributed by atoms with E-state index in [2.05, 4.69) is 29.2 Å². The largest absolute Gasteiger partial charge is 0.449 e. The van der Waals surface area contributed by atoms with Crippen LogP contribution < -0.4 is 4.98 Å². The maximum Gasteiger partial charge on any atom is 0.283 e. The normalized spacial score (nSPS) is 12.3. The number of rotatable bonds is 6. The van der Waals surface area contributed by atoms with Gasteiger partial charge in [0.2, 0.25) is 9.92 Å². The molecule has 0 aromatic heterocycles. The van der Waals surface area contributed by atoms with Crippen LogP contribution >= 0.6 is 0 Å². The maximum absolute atomic E-state index is 5.38. The molecule has 72 valence electrons. The zero-order valence-corrected chi connectivity index (χ0v) is 12.7. The molecule has 1 aromatic rings. The molecule has 0 amide bonds. The molecule has 0 radical (unpaired) electrons. The van der Waals surface area contributed by atoms with E-state index >= 15 is 0 Å². The van der Waals surface area contributed by atoms with Crippen molar-refractivity contribution in [1.29, 1.82) is 0 Å². The lowest BCUT2D eigenvalue weighted by Crippen LogP contribution is -2.23. The van der Waals surface area contributed by atoms with E-state index in [0.717, 1.165) is 17.0 Å². The highest BCUT2D eigenvalue weighted by Crippen LogP contribution is 1.96. The van der Waals surface area contributed by atoms with Crippen molar-refractivity contribution in [2.45, 2.75) is 6.54 Å². The van der Waals surface area contributed by atoms with Crippen LogP contribution in [0.4, 0.5) is 0 Å². The van der Waals surface area contributed by atoms with E-state index in [1.807, 2.05) is 6.07 Å². The second-order valence-electron chi connectivity index (χ2n) is 2.67. The third kappa shape index (κ3) is 5.13. The highest BCUT2D eigenvalue weighted by atomic mass is 28.3. The summed E-state index contributed by atoms with van der Waals surface area (Å²) in [5.74, 6) is 0. The Hall–Kier alpha value is -0.249. The van der Waals surface area contributed by atoms with Gasteiger partial charge in [-0.25, -0.2) is 0 Å². The minimum Gasteiger partial charge on any atom is -0.449 e. The van der Waals surface area contributed by atoms with E-state index in [1.165, 1.54) is 5.56 Å². The van der Waals surface area contributed by atoms with Crippen molar-refractivity contribution in [1.82, 2.24) is 4.98 Å². The molecule has 0 saturated carbocycles. The van der Waals surface area contributed by atoms with Gasteiger partial charge in [0, 0.05) is 6.54 Å². The molecule has 1 N–H and O–H groups in total. The Kier molecular flexibility index (Phi) is 5.98. The van der Waals surface area contributed by atoms with Crippen molar-refractivity contribution in [2.75, 3.05) is 0 Å². The van der Waals surface area contributed by atoms with E-state index in [4.69, 9.17) is 8.23 Å². The van der Waals surface area contributed by atoms with Gasteiger partial charge in [-0.3, -0.25) is 0 Å². The van der Waals surface area contributed by atoms with Crippen LogP contribution in [-0.4, -0.2) is 30.4 Å². The molecule has 0 spiro atoms. The molecule has 3 nitrogen and oxygen atoms in total. The van der Waals surface area contributed by atoms with Crippen LogP contribution in [0, 0.1) is 0 Å². The summed E-state index contributed by atoms with van der Waals surface area (Å²) in [6.45, 7) is 0.919. The molecule has 1 rings (SSSR count). The Labute approximate surface area is 86.5 Å². The monoisotopic (exact) mass is 229 g/mol. The first kappa shape index (κ1) is 10.8. The zero-order valence-electron chi connectivity index (χ0n) is 7.82. The molecule has 0 bridgehead atoms. The Morgan fingerprint density at radius 2 is 2.08 bits per heavy atom. The molecular weight excluding hydrogens is 214 g/mol. The first-order valence-corrected chi connectivity index (χ1v) is 7.50. The smallest absolute Gasteiger partial charge is 0.283 e. The van der Waals surface area contributed by atoms with Gasteiger partial charge in [0.1, 0.15) is 10.5 Å². The molecule has 0 unspecified atom stereocenters. The van der Waals surface area contributed by atoms with E-state index in [-0.39, 0.29) is 0 Å². The summed E-state index contributed by atoms with van der Waals surface area (Å²) < 4.78 is 10.4. The van der Waals surface area contributed by atoms with Crippen molar-refractivity contribution in [3.05, 3.63) is 35.9 Å². The van der Waals surface area contributed by atoms with Crippen LogP contribution in [0.1, 0.15) is 5.56 Å². The van der Waals surface area contributed by atoms with Gasteiger partial charge in [-0.2, -0.15) is 0 Å². The van der Waals surface area contributed by atoms with Gasteiger partial charge in [-0.1, -0.05) is 30.3 Å². The van der Waals surface area contributed by atoms with Crippen LogP contribution in [0.5, 0.6) is 0 Å². The lowest BCUT2D eigenvalue weighted by molar-refractivity contribution is 0.494. The second kappa shape index (κ2) is 7.18. The molecule has 0 aliphatic heterocycles. The SMILES string of the molecule is [SiH3]O[SiH2]O[SiH2]NCc1ccccc1. The molecule has 0 aliphatic carbocycles. The van der Waals surface area contributed by atoms with E-state index in [1.54, 1.807) is 0 Å². The topological polar surface area (TPSA) is 30.5 Å². The van der Waals surface area contributed by atoms with Gasteiger partial charge < -0.3 is 13.2 Å². The molecule has 6 heteroatoms. The summed E-state index contributed by atoms with van der Waals surface area (Å²) in [5, 5.41) is 0.